The molecule has 0 atom stereocenters. The SMILES string of the molecule is CCn1ccc(C(=O)NCc2nc(-c3ccccc3)no2)n1. The molecule has 0 saturated heterocycles. The van der Waals surface area contributed by atoms with Gasteiger partial charge in [0.2, 0.25) is 11.7 Å². The molecule has 0 fully saturated rings. The fraction of sp³-hybridized carbons (Fsp3) is 0.200. The zero-order valence-electron chi connectivity index (χ0n) is 12.1. The molecule has 7 nitrogen and oxygen atoms in total. The van der Waals surface area contributed by atoms with Crippen LogP contribution in [0.2, 0.25) is 0 Å². The Morgan fingerprint density at radius 3 is 2.82 bits per heavy atom. The van der Waals surface area contributed by atoms with E-state index in [1.807, 2.05) is 37.3 Å². The van der Waals surface area contributed by atoms with Crippen LogP contribution in [0, 0.1) is 0 Å². The van der Waals surface area contributed by atoms with E-state index in [0.717, 1.165) is 12.1 Å². The summed E-state index contributed by atoms with van der Waals surface area (Å²) in [5.41, 5.74) is 1.23. The molecule has 1 N–H and O–H groups in total. The Hall–Kier alpha value is -2.96. The summed E-state index contributed by atoms with van der Waals surface area (Å²) in [7, 11) is 0. The number of amides is 1. The summed E-state index contributed by atoms with van der Waals surface area (Å²) in [4.78, 5) is 16.2. The Balaban J connectivity index is 1.62. The Morgan fingerprint density at radius 2 is 2.09 bits per heavy atom. The lowest BCUT2D eigenvalue weighted by atomic mass is 10.2. The second-order valence-electron chi connectivity index (χ2n) is 4.62. The molecule has 1 amide bonds. The van der Waals surface area contributed by atoms with Gasteiger partial charge < -0.3 is 9.84 Å². The number of aryl methyl sites for hydroxylation is 1. The third-order valence-corrected chi connectivity index (χ3v) is 3.10. The predicted octanol–water partition coefficient (Wildman–Crippen LogP) is 1.88. The summed E-state index contributed by atoms with van der Waals surface area (Å²) >= 11 is 0. The molecule has 0 radical (unpaired) electrons. The fourth-order valence-corrected chi connectivity index (χ4v) is 1.94. The summed E-state index contributed by atoms with van der Waals surface area (Å²) in [5.74, 6) is 0.578. The first-order valence-corrected chi connectivity index (χ1v) is 6.96. The molecular weight excluding hydrogens is 282 g/mol. The summed E-state index contributed by atoms with van der Waals surface area (Å²) < 4.78 is 6.82. The van der Waals surface area contributed by atoms with Gasteiger partial charge in [0.25, 0.3) is 5.91 Å². The van der Waals surface area contributed by atoms with Crippen molar-refractivity contribution in [2.75, 3.05) is 0 Å². The quantitative estimate of drug-likeness (QED) is 0.777. The highest BCUT2D eigenvalue weighted by atomic mass is 16.5. The number of aromatic nitrogens is 4. The van der Waals surface area contributed by atoms with Crippen LogP contribution in [0.5, 0.6) is 0 Å². The maximum Gasteiger partial charge on any atom is 0.272 e. The number of hydrogen-bond acceptors (Lipinski definition) is 5. The molecule has 0 saturated carbocycles. The molecule has 22 heavy (non-hydrogen) atoms. The number of carbonyl (C=O) groups is 1. The monoisotopic (exact) mass is 297 g/mol. The average Bonchev–Trinajstić information content (AvgIpc) is 3.22. The topological polar surface area (TPSA) is 85.8 Å². The van der Waals surface area contributed by atoms with E-state index >= 15 is 0 Å². The molecule has 0 unspecified atom stereocenters. The van der Waals surface area contributed by atoms with Crippen molar-refractivity contribution in [1.29, 1.82) is 0 Å². The molecule has 3 rings (SSSR count). The molecule has 0 spiro atoms. The van der Waals surface area contributed by atoms with Crippen LogP contribution in [0.3, 0.4) is 0 Å². The van der Waals surface area contributed by atoms with E-state index in [1.165, 1.54) is 0 Å². The molecule has 0 aliphatic heterocycles. The summed E-state index contributed by atoms with van der Waals surface area (Å²) in [6.07, 6.45) is 1.76. The number of nitrogens with one attached hydrogen (secondary N) is 1. The Bertz CT molecular complexity index is 763. The van der Waals surface area contributed by atoms with Crippen molar-refractivity contribution < 1.29 is 9.32 Å². The average molecular weight is 297 g/mol. The standard InChI is InChI=1S/C15H15N5O2/c1-2-20-9-8-12(18-20)15(21)16-10-13-17-14(19-22-13)11-6-4-3-5-7-11/h3-9H,2,10H2,1H3,(H,16,21). The van der Waals surface area contributed by atoms with E-state index in [0.29, 0.717) is 17.4 Å². The molecule has 2 heterocycles. The second kappa shape index (κ2) is 6.21. The molecule has 1 aromatic carbocycles. The number of benzene rings is 1. The van der Waals surface area contributed by atoms with Crippen LogP contribution >= 0.6 is 0 Å². The predicted molar refractivity (Wildman–Crippen MR) is 78.8 cm³/mol. The fourth-order valence-electron chi connectivity index (χ4n) is 1.94. The van der Waals surface area contributed by atoms with E-state index in [4.69, 9.17) is 4.52 Å². The van der Waals surface area contributed by atoms with Crippen molar-refractivity contribution in [3.05, 3.63) is 54.2 Å². The summed E-state index contributed by atoms with van der Waals surface area (Å²) in [6.45, 7) is 2.84. The van der Waals surface area contributed by atoms with Gasteiger partial charge in [-0.25, -0.2) is 0 Å². The van der Waals surface area contributed by atoms with Crippen molar-refractivity contribution in [2.24, 2.45) is 0 Å². The van der Waals surface area contributed by atoms with Gasteiger partial charge in [0, 0.05) is 18.3 Å². The molecule has 2 aromatic heterocycles. The van der Waals surface area contributed by atoms with Crippen LogP contribution in [-0.2, 0) is 13.1 Å². The van der Waals surface area contributed by atoms with Gasteiger partial charge in [-0.15, -0.1) is 0 Å². The summed E-state index contributed by atoms with van der Waals surface area (Å²) in [5, 5.41) is 10.7. The number of carbonyl (C=O) groups excluding carboxylic acids is 1. The van der Waals surface area contributed by atoms with Gasteiger partial charge in [0.1, 0.15) is 5.69 Å². The minimum Gasteiger partial charge on any atom is -0.342 e. The molecule has 3 aromatic rings. The van der Waals surface area contributed by atoms with E-state index < -0.39 is 0 Å². The van der Waals surface area contributed by atoms with Gasteiger partial charge in [-0.2, -0.15) is 10.1 Å². The van der Waals surface area contributed by atoms with Crippen molar-refractivity contribution in [3.8, 4) is 11.4 Å². The first-order chi connectivity index (χ1) is 10.8. The van der Waals surface area contributed by atoms with Crippen molar-refractivity contribution in [1.82, 2.24) is 25.2 Å². The van der Waals surface area contributed by atoms with E-state index in [2.05, 4.69) is 20.6 Å². The first-order valence-electron chi connectivity index (χ1n) is 6.96. The van der Waals surface area contributed by atoms with E-state index in [1.54, 1.807) is 16.9 Å². The number of nitrogens with zero attached hydrogens (tertiary/aromatic N) is 4. The highest BCUT2D eigenvalue weighted by Gasteiger charge is 2.12. The molecule has 0 aliphatic carbocycles. The van der Waals surface area contributed by atoms with Crippen molar-refractivity contribution in [2.45, 2.75) is 20.0 Å². The highest BCUT2D eigenvalue weighted by Crippen LogP contribution is 2.14. The molecule has 112 valence electrons. The van der Waals surface area contributed by atoms with Gasteiger partial charge >= 0.3 is 0 Å². The highest BCUT2D eigenvalue weighted by molar-refractivity contribution is 5.92. The van der Waals surface area contributed by atoms with Gasteiger partial charge in [-0.3, -0.25) is 9.48 Å². The van der Waals surface area contributed by atoms with Gasteiger partial charge in [-0.1, -0.05) is 35.5 Å². The zero-order chi connectivity index (χ0) is 15.4. The lowest BCUT2D eigenvalue weighted by Gasteiger charge is -1.98. The molecule has 0 bridgehead atoms. The van der Waals surface area contributed by atoms with Crippen LogP contribution in [-0.4, -0.2) is 25.8 Å². The lowest BCUT2D eigenvalue weighted by Crippen LogP contribution is -2.23. The van der Waals surface area contributed by atoms with Crippen molar-refractivity contribution >= 4 is 5.91 Å². The van der Waals surface area contributed by atoms with Crippen molar-refractivity contribution in [3.63, 3.8) is 0 Å². The molecule has 7 heteroatoms. The van der Waals surface area contributed by atoms with Crippen LogP contribution in [0.15, 0.2) is 47.1 Å². The number of hydrogen-bond donors (Lipinski definition) is 1. The second-order valence-corrected chi connectivity index (χ2v) is 4.62. The smallest absolute Gasteiger partial charge is 0.272 e. The van der Waals surface area contributed by atoms with Gasteiger partial charge in [-0.05, 0) is 13.0 Å². The molecule has 0 aliphatic rings. The van der Waals surface area contributed by atoms with Crippen LogP contribution < -0.4 is 5.32 Å². The zero-order valence-corrected chi connectivity index (χ0v) is 12.1. The Labute approximate surface area is 127 Å². The Kier molecular flexibility index (Phi) is 3.95. The van der Waals surface area contributed by atoms with Crippen LogP contribution in [0.1, 0.15) is 23.3 Å². The van der Waals surface area contributed by atoms with E-state index in [9.17, 15) is 4.79 Å². The largest absolute Gasteiger partial charge is 0.342 e. The minimum absolute atomic E-state index is 0.164. The Morgan fingerprint density at radius 1 is 1.27 bits per heavy atom. The van der Waals surface area contributed by atoms with E-state index in [-0.39, 0.29) is 12.5 Å². The lowest BCUT2D eigenvalue weighted by molar-refractivity contribution is 0.0940. The van der Waals surface area contributed by atoms with Gasteiger partial charge in [0.15, 0.2) is 0 Å². The number of rotatable bonds is 5. The van der Waals surface area contributed by atoms with Crippen LogP contribution in [0.4, 0.5) is 0 Å². The maximum atomic E-state index is 11.9. The minimum atomic E-state index is -0.272. The molecular formula is C15H15N5O2. The first kappa shape index (κ1) is 14.0. The maximum absolute atomic E-state index is 11.9. The van der Waals surface area contributed by atoms with Gasteiger partial charge in [0.05, 0.1) is 6.54 Å². The summed E-state index contributed by atoms with van der Waals surface area (Å²) in [6, 6.07) is 11.2. The van der Waals surface area contributed by atoms with Crippen LogP contribution in [0.25, 0.3) is 11.4 Å². The normalized spacial score (nSPS) is 10.6. The third-order valence-electron chi connectivity index (χ3n) is 3.10. The third kappa shape index (κ3) is 3.03.